The second-order valence-electron chi connectivity index (χ2n) is 5.39. The van der Waals surface area contributed by atoms with Gasteiger partial charge < -0.3 is 9.51 Å². The minimum Gasteiger partial charge on any atom is -0.364 e. The van der Waals surface area contributed by atoms with Crippen molar-refractivity contribution in [1.82, 2.24) is 24.8 Å². The zero-order valence-corrected chi connectivity index (χ0v) is 11.7. The number of nitrogens with one attached hydrogen (secondary N) is 1. The molecule has 4 rings (SSSR count). The lowest BCUT2D eigenvalue weighted by Crippen LogP contribution is -2.30. The van der Waals surface area contributed by atoms with E-state index < -0.39 is 0 Å². The first-order valence-electron chi connectivity index (χ1n) is 7.17. The summed E-state index contributed by atoms with van der Waals surface area (Å²) < 4.78 is 7.37. The van der Waals surface area contributed by atoms with E-state index in [-0.39, 0.29) is 0 Å². The fourth-order valence-electron chi connectivity index (χ4n) is 2.83. The van der Waals surface area contributed by atoms with Gasteiger partial charge in [-0.2, -0.15) is 5.10 Å². The summed E-state index contributed by atoms with van der Waals surface area (Å²) in [4.78, 5) is 5.67. The van der Waals surface area contributed by atoms with Crippen LogP contribution in [0.5, 0.6) is 0 Å². The van der Waals surface area contributed by atoms with Crippen molar-refractivity contribution >= 4 is 0 Å². The molecule has 3 aromatic rings. The van der Waals surface area contributed by atoms with Crippen molar-refractivity contribution in [3.63, 3.8) is 0 Å². The van der Waals surface area contributed by atoms with Gasteiger partial charge in [0, 0.05) is 55.9 Å². The minimum absolute atomic E-state index is 0.669. The van der Waals surface area contributed by atoms with Crippen LogP contribution in [0.4, 0.5) is 0 Å². The highest BCUT2D eigenvalue weighted by molar-refractivity contribution is 5.25. The summed E-state index contributed by atoms with van der Waals surface area (Å²) in [6, 6.07) is 6.07. The third-order valence-electron chi connectivity index (χ3n) is 3.92. The van der Waals surface area contributed by atoms with Gasteiger partial charge in [-0.25, -0.2) is 0 Å². The maximum Gasteiger partial charge on any atom is 0.142 e. The van der Waals surface area contributed by atoms with Gasteiger partial charge in [0.25, 0.3) is 0 Å². The zero-order chi connectivity index (χ0) is 14.1. The molecule has 6 heteroatoms. The normalized spacial score (nSPS) is 15.2. The van der Waals surface area contributed by atoms with E-state index >= 15 is 0 Å². The van der Waals surface area contributed by atoms with Gasteiger partial charge in [-0.15, -0.1) is 0 Å². The Bertz CT molecular complexity index is 699. The molecule has 6 nitrogen and oxygen atoms in total. The Hall–Kier alpha value is -2.34. The second-order valence-corrected chi connectivity index (χ2v) is 5.39. The maximum atomic E-state index is 5.49. The zero-order valence-electron chi connectivity index (χ0n) is 11.7. The standard InChI is InChI=1S/C15H17N5O/c1-3-12(16-5-1)9-19-8-4-15-13(10-19)14(18-21-15)11-20-7-2-6-17-20/h1-3,5-7,16H,4,8-11H2. The summed E-state index contributed by atoms with van der Waals surface area (Å²) in [5, 5.41) is 8.47. The summed E-state index contributed by atoms with van der Waals surface area (Å²) in [5.74, 6) is 1.03. The number of aromatic nitrogens is 4. The van der Waals surface area contributed by atoms with E-state index in [9.17, 15) is 0 Å². The number of aromatic amines is 1. The Balaban J connectivity index is 1.52. The van der Waals surface area contributed by atoms with Gasteiger partial charge >= 0.3 is 0 Å². The molecule has 0 spiro atoms. The first-order chi connectivity index (χ1) is 10.4. The predicted octanol–water partition coefficient (Wildman–Crippen LogP) is 1.81. The molecular weight excluding hydrogens is 266 g/mol. The van der Waals surface area contributed by atoms with Crippen LogP contribution >= 0.6 is 0 Å². The molecule has 0 radical (unpaired) electrons. The summed E-state index contributed by atoms with van der Waals surface area (Å²) in [6.07, 6.45) is 6.61. The third-order valence-corrected chi connectivity index (χ3v) is 3.92. The minimum atomic E-state index is 0.669. The number of hydrogen-bond acceptors (Lipinski definition) is 4. The molecule has 0 saturated carbocycles. The van der Waals surface area contributed by atoms with Crippen LogP contribution in [0.15, 0.2) is 41.3 Å². The number of H-pyrrole nitrogens is 1. The van der Waals surface area contributed by atoms with Crippen molar-refractivity contribution < 1.29 is 4.52 Å². The molecule has 4 heterocycles. The quantitative estimate of drug-likeness (QED) is 0.793. The smallest absolute Gasteiger partial charge is 0.142 e. The SMILES string of the molecule is c1c[nH]c(CN2CCc3onc(Cn4cccn4)c3C2)c1. The number of hydrogen-bond donors (Lipinski definition) is 1. The predicted molar refractivity (Wildman–Crippen MR) is 76.4 cm³/mol. The number of rotatable bonds is 4. The van der Waals surface area contributed by atoms with E-state index in [0.29, 0.717) is 6.54 Å². The van der Waals surface area contributed by atoms with Gasteiger partial charge in [-0.05, 0) is 18.2 Å². The van der Waals surface area contributed by atoms with Crippen molar-refractivity contribution in [2.75, 3.05) is 6.54 Å². The highest BCUT2D eigenvalue weighted by Gasteiger charge is 2.24. The van der Waals surface area contributed by atoms with Gasteiger partial charge in [-0.1, -0.05) is 5.16 Å². The molecular formula is C15H17N5O. The molecule has 0 saturated heterocycles. The monoisotopic (exact) mass is 283 g/mol. The molecule has 0 aromatic carbocycles. The lowest BCUT2D eigenvalue weighted by Gasteiger charge is -2.25. The van der Waals surface area contributed by atoms with Gasteiger partial charge in [0.05, 0.1) is 6.54 Å². The van der Waals surface area contributed by atoms with Crippen molar-refractivity contribution in [2.45, 2.75) is 26.1 Å². The van der Waals surface area contributed by atoms with Gasteiger partial charge in [0.2, 0.25) is 0 Å². The highest BCUT2D eigenvalue weighted by Crippen LogP contribution is 2.24. The van der Waals surface area contributed by atoms with Crippen molar-refractivity contribution in [2.24, 2.45) is 0 Å². The van der Waals surface area contributed by atoms with Crippen molar-refractivity contribution in [3.05, 3.63) is 59.5 Å². The van der Waals surface area contributed by atoms with Crippen LogP contribution in [0.1, 0.15) is 22.7 Å². The summed E-state index contributed by atoms with van der Waals surface area (Å²) in [7, 11) is 0. The molecule has 1 N–H and O–H groups in total. The van der Waals surface area contributed by atoms with Crippen LogP contribution in [0.2, 0.25) is 0 Å². The van der Waals surface area contributed by atoms with E-state index in [4.69, 9.17) is 4.52 Å². The average molecular weight is 283 g/mol. The van der Waals surface area contributed by atoms with Crippen LogP contribution in [-0.4, -0.2) is 31.4 Å². The molecule has 108 valence electrons. The number of fused-ring (bicyclic) bond motifs is 1. The summed E-state index contributed by atoms with van der Waals surface area (Å²) >= 11 is 0. The van der Waals surface area contributed by atoms with Crippen LogP contribution in [0.25, 0.3) is 0 Å². The molecule has 1 aliphatic rings. The lowest BCUT2D eigenvalue weighted by molar-refractivity contribution is 0.226. The van der Waals surface area contributed by atoms with Crippen LogP contribution in [0, 0.1) is 0 Å². The molecule has 0 amide bonds. The fourth-order valence-corrected chi connectivity index (χ4v) is 2.83. The van der Waals surface area contributed by atoms with Crippen molar-refractivity contribution in [3.8, 4) is 0 Å². The van der Waals surface area contributed by atoms with Crippen molar-refractivity contribution in [1.29, 1.82) is 0 Å². The third kappa shape index (κ3) is 2.50. The van der Waals surface area contributed by atoms with Gasteiger partial charge in [-0.3, -0.25) is 9.58 Å². The Morgan fingerprint density at radius 3 is 3.10 bits per heavy atom. The van der Waals surface area contributed by atoms with E-state index in [2.05, 4.69) is 26.2 Å². The van der Waals surface area contributed by atoms with Crippen LogP contribution in [-0.2, 0) is 26.1 Å². The summed E-state index contributed by atoms with van der Waals surface area (Å²) in [5.41, 5.74) is 3.46. The molecule has 1 aliphatic heterocycles. The maximum absolute atomic E-state index is 5.49. The van der Waals surface area contributed by atoms with Crippen LogP contribution in [0.3, 0.4) is 0 Å². The van der Waals surface area contributed by atoms with Gasteiger partial charge in [0.1, 0.15) is 11.5 Å². The molecule has 0 aliphatic carbocycles. The second kappa shape index (κ2) is 5.21. The van der Waals surface area contributed by atoms with E-state index in [1.54, 1.807) is 6.20 Å². The Kier molecular flexibility index (Phi) is 3.08. The molecule has 0 atom stereocenters. The summed E-state index contributed by atoms with van der Waals surface area (Å²) in [6.45, 7) is 3.48. The largest absolute Gasteiger partial charge is 0.364 e. The number of nitrogens with zero attached hydrogens (tertiary/aromatic N) is 4. The highest BCUT2D eigenvalue weighted by atomic mass is 16.5. The fraction of sp³-hybridized carbons (Fsp3) is 0.333. The van der Waals surface area contributed by atoms with Gasteiger partial charge in [0.15, 0.2) is 0 Å². The van der Waals surface area contributed by atoms with E-state index in [1.807, 2.05) is 29.2 Å². The van der Waals surface area contributed by atoms with E-state index in [1.165, 1.54) is 11.3 Å². The molecule has 0 fully saturated rings. The molecule has 21 heavy (non-hydrogen) atoms. The topological polar surface area (TPSA) is 62.9 Å². The Morgan fingerprint density at radius 1 is 1.29 bits per heavy atom. The Morgan fingerprint density at radius 2 is 2.29 bits per heavy atom. The van der Waals surface area contributed by atoms with E-state index in [0.717, 1.165) is 37.5 Å². The Labute approximate surface area is 122 Å². The first kappa shape index (κ1) is 12.4. The first-order valence-corrected chi connectivity index (χ1v) is 7.17. The molecule has 0 unspecified atom stereocenters. The average Bonchev–Trinajstić information content (AvgIpc) is 3.22. The lowest BCUT2D eigenvalue weighted by atomic mass is 10.1. The molecule has 3 aromatic heterocycles. The van der Waals surface area contributed by atoms with Crippen LogP contribution < -0.4 is 0 Å². The molecule has 0 bridgehead atoms.